The minimum atomic E-state index is -2.74. The normalized spacial score (nSPS) is 20.8. The first-order valence-electron chi connectivity index (χ1n) is 5.90. The third-order valence-corrected chi connectivity index (χ3v) is 5.13. The van der Waals surface area contributed by atoms with E-state index < -0.39 is 9.84 Å². The minimum absolute atomic E-state index is 0.354. The Bertz CT molecular complexity index is 431. The second kappa shape index (κ2) is 4.58. The molecule has 0 atom stereocenters. The van der Waals surface area contributed by atoms with Crippen LogP contribution in [-0.2, 0) is 16.3 Å². The predicted octanol–water partition coefficient (Wildman–Crippen LogP) is 2.54. The molecule has 1 fully saturated rings. The second-order valence-corrected chi connectivity index (χ2v) is 6.82. The Balaban J connectivity index is 2.08. The summed E-state index contributed by atoms with van der Waals surface area (Å²) in [5.74, 6) is 1.15. The quantitative estimate of drug-likeness (QED) is 0.793. The fourth-order valence-corrected chi connectivity index (χ4v) is 3.74. The van der Waals surface area contributed by atoms with E-state index in [1.807, 2.05) is 0 Å². The first kappa shape index (κ1) is 11.6. The molecular weight excluding hydrogens is 220 g/mol. The van der Waals surface area contributed by atoms with Crippen LogP contribution in [0.5, 0.6) is 0 Å². The molecule has 0 spiro atoms. The van der Waals surface area contributed by atoms with Crippen molar-refractivity contribution >= 4 is 9.84 Å². The molecule has 0 radical (unpaired) electrons. The van der Waals surface area contributed by atoms with Gasteiger partial charge in [-0.15, -0.1) is 0 Å². The highest BCUT2D eigenvalue weighted by Crippen LogP contribution is 2.29. The molecule has 0 unspecified atom stereocenters. The van der Waals surface area contributed by atoms with Crippen LogP contribution in [0.1, 0.15) is 36.8 Å². The lowest BCUT2D eigenvalue weighted by Gasteiger charge is -2.22. The van der Waals surface area contributed by atoms with Crippen molar-refractivity contribution in [3.63, 3.8) is 0 Å². The van der Waals surface area contributed by atoms with Crippen LogP contribution in [0, 0.1) is 0 Å². The number of rotatable bonds is 2. The van der Waals surface area contributed by atoms with Crippen LogP contribution in [0.15, 0.2) is 24.3 Å². The third kappa shape index (κ3) is 2.64. The maximum atomic E-state index is 11.3. The van der Waals surface area contributed by atoms with Crippen LogP contribution in [0.4, 0.5) is 0 Å². The molecule has 1 aromatic carbocycles. The van der Waals surface area contributed by atoms with E-state index in [1.54, 1.807) is 0 Å². The Morgan fingerprint density at radius 3 is 2.19 bits per heavy atom. The van der Waals surface area contributed by atoms with Crippen molar-refractivity contribution in [1.29, 1.82) is 0 Å². The third-order valence-electron chi connectivity index (χ3n) is 3.41. The minimum Gasteiger partial charge on any atom is -0.229 e. The van der Waals surface area contributed by atoms with Gasteiger partial charge in [0.15, 0.2) is 0 Å². The van der Waals surface area contributed by atoms with Crippen LogP contribution in [0.3, 0.4) is 0 Å². The van der Waals surface area contributed by atoms with E-state index in [4.69, 9.17) is 0 Å². The summed E-state index contributed by atoms with van der Waals surface area (Å²) < 4.78 is 22.7. The average Bonchev–Trinajstić information content (AvgIpc) is 2.29. The molecule has 1 aliphatic heterocycles. The molecule has 0 amide bonds. The van der Waals surface area contributed by atoms with Crippen LogP contribution >= 0.6 is 0 Å². The lowest BCUT2D eigenvalue weighted by Crippen LogP contribution is -2.22. The number of hydrogen-bond acceptors (Lipinski definition) is 2. The van der Waals surface area contributed by atoms with E-state index in [2.05, 4.69) is 31.2 Å². The zero-order valence-corrected chi connectivity index (χ0v) is 10.5. The summed E-state index contributed by atoms with van der Waals surface area (Å²) in [6, 6.07) is 8.61. The van der Waals surface area contributed by atoms with E-state index in [-0.39, 0.29) is 0 Å². The van der Waals surface area contributed by atoms with Crippen LogP contribution in [-0.4, -0.2) is 19.9 Å². The molecule has 0 saturated carbocycles. The topological polar surface area (TPSA) is 34.1 Å². The van der Waals surface area contributed by atoms with Gasteiger partial charge in [0, 0.05) is 0 Å². The highest BCUT2D eigenvalue weighted by atomic mass is 32.2. The molecule has 0 aliphatic carbocycles. The Morgan fingerprint density at radius 1 is 1.12 bits per heavy atom. The predicted molar refractivity (Wildman–Crippen MR) is 66.4 cm³/mol. The van der Waals surface area contributed by atoms with Gasteiger partial charge < -0.3 is 0 Å². The molecule has 3 heteroatoms. The van der Waals surface area contributed by atoms with Crippen molar-refractivity contribution in [2.24, 2.45) is 0 Å². The maximum absolute atomic E-state index is 11.3. The second-order valence-electron chi connectivity index (χ2n) is 4.52. The van der Waals surface area contributed by atoms with Crippen molar-refractivity contribution in [1.82, 2.24) is 0 Å². The SMILES string of the molecule is CCc1ccc(C2CCS(=O)(=O)CC2)cc1. The molecule has 2 nitrogen and oxygen atoms in total. The Kier molecular flexibility index (Phi) is 3.33. The van der Waals surface area contributed by atoms with Gasteiger partial charge in [-0.1, -0.05) is 31.2 Å². The van der Waals surface area contributed by atoms with Gasteiger partial charge in [-0.05, 0) is 36.3 Å². The Hall–Kier alpha value is -0.830. The van der Waals surface area contributed by atoms with E-state index in [9.17, 15) is 8.42 Å². The number of aryl methyl sites for hydroxylation is 1. The fraction of sp³-hybridized carbons (Fsp3) is 0.538. The molecular formula is C13H18O2S. The van der Waals surface area contributed by atoms with Gasteiger partial charge in [0.2, 0.25) is 0 Å². The summed E-state index contributed by atoms with van der Waals surface area (Å²) in [4.78, 5) is 0. The number of benzene rings is 1. The first-order chi connectivity index (χ1) is 7.61. The van der Waals surface area contributed by atoms with Crippen molar-refractivity contribution in [2.45, 2.75) is 32.1 Å². The van der Waals surface area contributed by atoms with Gasteiger partial charge >= 0.3 is 0 Å². The number of hydrogen-bond donors (Lipinski definition) is 0. The summed E-state index contributed by atoms with van der Waals surface area (Å²) in [6.45, 7) is 2.14. The monoisotopic (exact) mass is 238 g/mol. The molecule has 1 heterocycles. The maximum Gasteiger partial charge on any atom is 0.150 e. The van der Waals surface area contributed by atoms with Gasteiger partial charge in [0.05, 0.1) is 11.5 Å². The van der Waals surface area contributed by atoms with E-state index in [0.717, 1.165) is 19.3 Å². The molecule has 88 valence electrons. The van der Waals surface area contributed by atoms with Crippen LogP contribution in [0.2, 0.25) is 0 Å². The molecule has 2 rings (SSSR count). The molecule has 1 aliphatic rings. The molecule has 0 N–H and O–H groups in total. The van der Waals surface area contributed by atoms with Crippen LogP contribution < -0.4 is 0 Å². The Morgan fingerprint density at radius 2 is 1.69 bits per heavy atom. The summed E-state index contributed by atoms with van der Waals surface area (Å²) in [5.41, 5.74) is 2.64. The number of sulfone groups is 1. The van der Waals surface area contributed by atoms with Crippen molar-refractivity contribution in [2.75, 3.05) is 11.5 Å². The molecule has 1 aromatic rings. The lowest BCUT2D eigenvalue weighted by molar-refractivity contribution is 0.550. The van der Waals surface area contributed by atoms with Gasteiger partial charge in [-0.3, -0.25) is 0 Å². The summed E-state index contributed by atoms with van der Waals surface area (Å²) in [5, 5.41) is 0. The van der Waals surface area contributed by atoms with Gasteiger partial charge in [-0.2, -0.15) is 0 Å². The van der Waals surface area contributed by atoms with E-state index in [0.29, 0.717) is 17.4 Å². The smallest absolute Gasteiger partial charge is 0.150 e. The average molecular weight is 238 g/mol. The van der Waals surface area contributed by atoms with Crippen molar-refractivity contribution in [3.8, 4) is 0 Å². The van der Waals surface area contributed by atoms with Crippen molar-refractivity contribution < 1.29 is 8.42 Å². The standard InChI is InChI=1S/C13H18O2S/c1-2-11-3-5-12(6-4-11)13-7-9-16(14,15)10-8-13/h3-6,13H,2,7-10H2,1H3. The Labute approximate surface area is 97.6 Å². The molecule has 0 bridgehead atoms. The molecule has 16 heavy (non-hydrogen) atoms. The largest absolute Gasteiger partial charge is 0.229 e. The van der Waals surface area contributed by atoms with Gasteiger partial charge in [0.25, 0.3) is 0 Å². The van der Waals surface area contributed by atoms with Crippen molar-refractivity contribution in [3.05, 3.63) is 35.4 Å². The zero-order chi connectivity index (χ0) is 11.6. The molecule has 1 saturated heterocycles. The molecule has 0 aromatic heterocycles. The summed E-state index contributed by atoms with van der Waals surface area (Å²) >= 11 is 0. The zero-order valence-electron chi connectivity index (χ0n) is 9.65. The van der Waals surface area contributed by atoms with Gasteiger partial charge in [0.1, 0.15) is 9.84 Å². The summed E-state index contributed by atoms with van der Waals surface area (Å²) in [6.07, 6.45) is 2.63. The first-order valence-corrected chi connectivity index (χ1v) is 7.72. The fourth-order valence-electron chi connectivity index (χ4n) is 2.25. The summed E-state index contributed by atoms with van der Waals surface area (Å²) in [7, 11) is -2.74. The highest BCUT2D eigenvalue weighted by Gasteiger charge is 2.24. The van der Waals surface area contributed by atoms with Gasteiger partial charge in [-0.25, -0.2) is 8.42 Å². The van der Waals surface area contributed by atoms with E-state index >= 15 is 0 Å². The van der Waals surface area contributed by atoms with E-state index in [1.165, 1.54) is 11.1 Å². The van der Waals surface area contributed by atoms with Crippen LogP contribution in [0.25, 0.3) is 0 Å². The lowest BCUT2D eigenvalue weighted by atomic mass is 9.93. The highest BCUT2D eigenvalue weighted by molar-refractivity contribution is 7.91.